The summed E-state index contributed by atoms with van der Waals surface area (Å²) in [5.74, 6) is 1.19. The van der Waals surface area contributed by atoms with Gasteiger partial charge in [0.15, 0.2) is 11.0 Å². The largest absolute Gasteiger partial charge is 0.342 e. The van der Waals surface area contributed by atoms with Gasteiger partial charge in [0.2, 0.25) is 0 Å². The van der Waals surface area contributed by atoms with E-state index >= 15 is 0 Å². The zero-order valence-corrected chi connectivity index (χ0v) is 23.3. The molecule has 0 radical (unpaired) electrons. The Balaban J connectivity index is 1.16. The molecule has 1 amide bonds. The van der Waals surface area contributed by atoms with E-state index in [1.807, 2.05) is 89.8 Å². The molecule has 40 heavy (non-hydrogen) atoms. The van der Waals surface area contributed by atoms with E-state index in [2.05, 4.69) is 9.97 Å². The number of imidazole rings is 1. The maximum atomic E-state index is 13.6. The normalized spacial score (nSPS) is 14.8. The fourth-order valence-corrected chi connectivity index (χ4v) is 6.35. The first-order valence-corrected chi connectivity index (χ1v) is 14.7. The van der Waals surface area contributed by atoms with E-state index < -0.39 is 11.0 Å². The molecule has 1 aliphatic rings. The number of hydrogen-bond donors (Lipinski definition) is 1. The van der Waals surface area contributed by atoms with E-state index in [9.17, 15) is 9.00 Å². The highest BCUT2D eigenvalue weighted by Crippen LogP contribution is 2.29. The molecule has 7 nitrogen and oxygen atoms in total. The molecule has 2 aromatic heterocycles. The number of rotatable bonds is 7. The Morgan fingerprint density at radius 2 is 1.68 bits per heavy atom. The van der Waals surface area contributed by atoms with Crippen LogP contribution in [0.1, 0.15) is 40.6 Å². The van der Waals surface area contributed by atoms with E-state index in [-0.39, 0.29) is 5.91 Å². The van der Waals surface area contributed by atoms with Crippen LogP contribution in [0, 0.1) is 0 Å². The quantitative estimate of drug-likeness (QED) is 0.247. The van der Waals surface area contributed by atoms with E-state index in [0.717, 1.165) is 35.3 Å². The number of carbonyl (C=O) groups excluding carboxylic acids is 1. The van der Waals surface area contributed by atoms with Crippen molar-refractivity contribution in [3.63, 3.8) is 0 Å². The summed E-state index contributed by atoms with van der Waals surface area (Å²) >= 11 is 6.07. The van der Waals surface area contributed by atoms with Crippen LogP contribution in [0.5, 0.6) is 0 Å². The van der Waals surface area contributed by atoms with Crippen molar-refractivity contribution in [1.29, 1.82) is 0 Å². The van der Waals surface area contributed by atoms with E-state index in [0.29, 0.717) is 46.9 Å². The summed E-state index contributed by atoms with van der Waals surface area (Å²) in [6, 6.07) is 28.3. The topological polar surface area (TPSA) is 82.2 Å². The zero-order valence-electron chi connectivity index (χ0n) is 21.7. The first kappa shape index (κ1) is 26.2. The predicted molar refractivity (Wildman–Crippen MR) is 159 cm³/mol. The smallest absolute Gasteiger partial charge is 0.272 e. The molecule has 3 aromatic carbocycles. The minimum Gasteiger partial charge on any atom is -0.342 e. The first-order valence-electron chi connectivity index (χ1n) is 13.2. The lowest BCUT2D eigenvalue weighted by Gasteiger charge is -2.31. The summed E-state index contributed by atoms with van der Waals surface area (Å²) in [5.41, 5.74) is 4.01. The molecule has 0 spiro atoms. The molecule has 5 aromatic rings. The van der Waals surface area contributed by atoms with Crippen molar-refractivity contribution in [1.82, 2.24) is 19.9 Å². The number of amides is 1. The van der Waals surface area contributed by atoms with Gasteiger partial charge in [0, 0.05) is 24.0 Å². The van der Waals surface area contributed by atoms with Crippen LogP contribution >= 0.6 is 11.6 Å². The molecule has 1 unspecified atom stereocenters. The summed E-state index contributed by atoms with van der Waals surface area (Å²) in [5, 5.41) is 0.644. The third-order valence-electron chi connectivity index (χ3n) is 7.22. The number of benzene rings is 3. The molecular weight excluding hydrogens is 542 g/mol. The summed E-state index contributed by atoms with van der Waals surface area (Å²) in [6.45, 7) is 1.68. The lowest BCUT2D eigenvalue weighted by molar-refractivity contribution is 0.0705. The number of likely N-dealkylation sites (tertiary alicyclic amines) is 1. The second-order valence-electron chi connectivity index (χ2n) is 9.83. The number of aromatic nitrogens is 3. The van der Waals surface area contributed by atoms with Gasteiger partial charge in [-0.05, 0) is 66.9 Å². The number of nitrogens with zero attached hydrogens (tertiary/aromatic N) is 4. The van der Waals surface area contributed by atoms with Gasteiger partial charge in [-0.1, -0.05) is 54.1 Å². The molecule has 1 aliphatic heterocycles. The standard InChI is InChI=1S/C31H28ClN5O2S/c32-24-12-10-22(11-13-24)21-37(40(39)26-6-2-1-3-7-26)25-14-15-29(33-20-25)31(38)36-18-16-23(17-19-36)30-34-27-8-4-5-9-28(27)35-30/h1-15,20,23H,16-19,21H2,(H,34,35). The number of aromatic amines is 1. The maximum Gasteiger partial charge on any atom is 0.272 e. The Morgan fingerprint density at radius 1 is 0.950 bits per heavy atom. The minimum absolute atomic E-state index is 0.0944. The lowest BCUT2D eigenvalue weighted by atomic mass is 9.96. The average Bonchev–Trinajstić information content (AvgIpc) is 3.45. The van der Waals surface area contributed by atoms with Crippen molar-refractivity contribution in [2.75, 3.05) is 17.4 Å². The highest BCUT2D eigenvalue weighted by atomic mass is 35.5. The number of pyridine rings is 1. The second kappa shape index (κ2) is 11.6. The van der Waals surface area contributed by atoms with Crippen LogP contribution in [0.4, 0.5) is 5.69 Å². The third-order valence-corrected chi connectivity index (χ3v) is 8.88. The third kappa shape index (κ3) is 5.64. The second-order valence-corrected chi connectivity index (χ2v) is 11.7. The highest BCUT2D eigenvalue weighted by molar-refractivity contribution is 7.86. The Hall–Kier alpha value is -4.01. The van der Waals surface area contributed by atoms with Crippen molar-refractivity contribution in [2.45, 2.75) is 30.2 Å². The number of H-pyrrole nitrogens is 1. The van der Waals surface area contributed by atoms with Gasteiger partial charge in [0.05, 0.1) is 34.4 Å². The molecule has 202 valence electrons. The Morgan fingerprint density at radius 3 is 2.38 bits per heavy atom. The summed E-state index contributed by atoms with van der Waals surface area (Å²) in [7, 11) is -1.47. The van der Waals surface area contributed by atoms with Gasteiger partial charge in [-0.2, -0.15) is 0 Å². The number of hydrogen-bond acceptors (Lipinski definition) is 4. The van der Waals surface area contributed by atoms with Gasteiger partial charge in [-0.25, -0.2) is 14.2 Å². The van der Waals surface area contributed by atoms with E-state index in [1.165, 1.54) is 0 Å². The average molecular weight is 570 g/mol. The number of nitrogens with one attached hydrogen (secondary N) is 1. The SMILES string of the molecule is O=C(c1ccc(N(Cc2ccc(Cl)cc2)S(=O)c2ccccc2)cn1)N1CCC(c2nc3ccccc3[nH]2)CC1. The zero-order chi connectivity index (χ0) is 27.5. The number of carbonyl (C=O) groups is 1. The molecular formula is C31H28ClN5O2S. The van der Waals surface area contributed by atoms with Crippen LogP contribution in [0.25, 0.3) is 11.0 Å². The molecule has 0 saturated carbocycles. The molecule has 0 aliphatic carbocycles. The van der Waals surface area contributed by atoms with Crippen molar-refractivity contribution < 1.29 is 9.00 Å². The number of fused-ring (bicyclic) bond motifs is 1. The Labute approximate surface area is 240 Å². The first-order chi connectivity index (χ1) is 19.5. The molecule has 6 rings (SSSR count). The molecule has 1 fully saturated rings. The van der Waals surface area contributed by atoms with Gasteiger partial charge in [0.1, 0.15) is 11.5 Å². The van der Waals surface area contributed by atoms with Gasteiger partial charge in [0.25, 0.3) is 5.91 Å². The van der Waals surface area contributed by atoms with Crippen LogP contribution in [-0.4, -0.2) is 43.1 Å². The van der Waals surface area contributed by atoms with Gasteiger partial charge < -0.3 is 9.88 Å². The van der Waals surface area contributed by atoms with Crippen LogP contribution < -0.4 is 4.31 Å². The fourth-order valence-electron chi connectivity index (χ4n) is 5.01. The summed E-state index contributed by atoms with van der Waals surface area (Å²) < 4.78 is 15.4. The summed E-state index contributed by atoms with van der Waals surface area (Å²) in [6.07, 6.45) is 3.31. The van der Waals surface area contributed by atoms with Crippen molar-refractivity contribution in [3.05, 3.63) is 119 Å². The van der Waals surface area contributed by atoms with E-state index in [4.69, 9.17) is 16.6 Å². The predicted octanol–water partition coefficient (Wildman–Crippen LogP) is 6.36. The maximum absolute atomic E-state index is 13.6. The van der Waals surface area contributed by atoms with Crippen LogP contribution in [-0.2, 0) is 17.5 Å². The number of piperidine rings is 1. The van der Waals surface area contributed by atoms with Gasteiger partial charge in [-0.3, -0.25) is 9.10 Å². The van der Waals surface area contributed by atoms with E-state index in [1.54, 1.807) is 16.6 Å². The number of anilines is 1. The fraction of sp³-hybridized carbons (Fsp3) is 0.194. The van der Waals surface area contributed by atoms with Crippen molar-refractivity contribution >= 4 is 45.2 Å². The minimum atomic E-state index is -1.47. The van der Waals surface area contributed by atoms with Crippen LogP contribution in [0.3, 0.4) is 0 Å². The highest BCUT2D eigenvalue weighted by Gasteiger charge is 2.27. The number of halogens is 1. The monoisotopic (exact) mass is 569 g/mol. The van der Waals surface area contributed by atoms with Crippen molar-refractivity contribution in [3.8, 4) is 0 Å². The lowest BCUT2D eigenvalue weighted by Crippen LogP contribution is -2.38. The van der Waals surface area contributed by atoms with Crippen LogP contribution in [0.2, 0.25) is 5.02 Å². The summed E-state index contributed by atoms with van der Waals surface area (Å²) in [4.78, 5) is 28.5. The van der Waals surface area contributed by atoms with Crippen molar-refractivity contribution in [2.24, 2.45) is 0 Å². The number of para-hydroxylation sites is 2. The molecule has 0 bridgehead atoms. The molecule has 1 saturated heterocycles. The molecule has 3 heterocycles. The Kier molecular flexibility index (Phi) is 7.62. The Bertz CT molecular complexity index is 1600. The van der Waals surface area contributed by atoms with Gasteiger partial charge in [-0.15, -0.1) is 0 Å². The van der Waals surface area contributed by atoms with Crippen LogP contribution in [0.15, 0.2) is 102 Å². The molecule has 1 N–H and O–H groups in total. The van der Waals surface area contributed by atoms with Gasteiger partial charge >= 0.3 is 0 Å². The molecule has 9 heteroatoms. The molecule has 1 atom stereocenters.